The molecular formula is C25H27ClN4O4. The normalized spacial score (nSPS) is 17.7. The van der Waals surface area contributed by atoms with E-state index in [1.807, 2.05) is 24.3 Å². The maximum atomic E-state index is 12.9. The fourth-order valence-electron chi connectivity index (χ4n) is 4.39. The smallest absolute Gasteiger partial charge is 0.255 e. The molecule has 2 aromatic heterocycles. The second kappa shape index (κ2) is 10.0. The van der Waals surface area contributed by atoms with Crippen LogP contribution in [0.15, 0.2) is 36.7 Å². The van der Waals surface area contributed by atoms with Gasteiger partial charge in [0.1, 0.15) is 18.5 Å². The Morgan fingerprint density at radius 3 is 3.03 bits per heavy atom. The second-order valence-corrected chi connectivity index (χ2v) is 8.64. The number of anilines is 2. The summed E-state index contributed by atoms with van der Waals surface area (Å²) in [6, 6.07) is 7.62. The quantitative estimate of drug-likeness (QED) is 0.468. The van der Waals surface area contributed by atoms with Gasteiger partial charge in [0.05, 0.1) is 43.0 Å². The molecule has 1 saturated heterocycles. The van der Waals surface area contributed by atoms with Gasteiger partial charge in [0.25, 0.3) is 5.91 Å². The van der Waals surface area contributed by atoms with Crippen molar-refractivity contribution in [3.8, 4) is 17.0 Å². The zero-order valence-electron chi connectivity index (χ0n) is 18.9. The molecule has 1 aromatic carbocycles. The van der Waals surface area contributed by atoms with Crippen molar-refractivity contribution in [1.82, 2.24) is 15.3 Å². The summed E-state index contributed by atoms with van der Waals surface area (Å²) in [7, 11) is 0. The molecule has 2 aliphatic heterocycles. The second-order valence-electron chi connectivity index (χ2n) is 8.23. The van der Waals surface area contributed by atoms with E-state index in [2.05, 4.69) is 27.5 Å². The minimum Gasteiger partial charge on any atom is -0.488 e. The molecule has 1 atom stereocenters. The lowest BCUT2D eigenvalue weighted by atomic mass is 10.0. The van der Waals surface area contributed by atoms with Gasteiger partial charge in [-0.15, -0.1) is 0 Å². The number of hydrogen-bond acceptors (Lipinski definition) is 6. The summed E-state index contributed by atoms with van der Waals surface area (Å²) in [5, 5.41) is 7.14. The third-order valence-electron chi connectivity index (χ3n) is 6.06. The van der Waals surface area contributed by atoms with Crippen LogP contribution in [0.2, 0.25) is 5.02 Å². The summed E-state index contributed by atoms with van der Waals surface area (Å²) in [5.74, 6) is 0.483. The van der Waals surface area contributed by atoms with Gasteiger partial charge in [-0.05, 0) is 30.2 Å². The molecule has 2 aliphatic rings. The van der Waals surface area contributed by atoms with E-state index in [-0.39, 0.29) is 12.0 Å². The lowest BCUT2D eigenvalue weighted by Gasteiger charge is -2.23. The highest BCUT2D eigenvalue weighted by Crippen LogP contribution is 2.41. The summed E-state index contributed by atoms with van der Waals surface area (Å²) in [6.45, 7) is 4.63. The van der Waals surface area contributed by atoms with Crippen LogP contribution in [0.1, 0.15) is 28.5 Å². The van der Waals surface area contributed by atoms with Crippen LogP contribution in [0.3, 0.4) is 0 Å². The van der Waals surface area contributed by atoms with E-state index in [0.29, 0.717) is 61.4 Å². The van der Waals surface area contributed by atoms with Crippen LogP contribution >= 0.6 is 11.6 Å². The molecule has 1 fully saturated rings. The Balaban J connectivity index is 1.55. The maximum absolute atomic E-state index is 12.9. The van der Waals surface area contributed by atoms with E-state index in [9.17, 15) is 4.79 Å². The van der Waals surface area contributed by atoms with Crippen molar-refractivity contribution in [2.75, 3.05) is 38.3 Å². The number of aromatic nitrogens is 2. The van der Waals surface area contributed by atoms with Gasteiger partial charge in [0.15, 0.2) is 0 Å². The number of nitrogens with one attached hydrogen (secondary N) is 3. The predicted molar refractivity (Wildman–Crippen MR) is 130 cm³/mol. The zero-order valence-corrected chi connectivity index (χ0v) is 19.7. The lowest BCUT2D eigenvalue weighted by Crippen LogP contribution is -2.33. The van der Waals surface area contributed by atoms with Gasteiger partial charge in [0, 0.05) is 41.1 Å². The Morgan fingerprint density at radius 1 is 1.29 bits per heavy atom. The number of benzene rings is 1. The van der Waals surface area contributed by atoms with Gasteiger partial charge in [-0.1, -0.05) is 24.6 Å². The molecule has 0 aliphatic carbocycles. The first kappa shape index (κ1) is 22.7. The zero-order chi connectivity index (χ0) is 23.5. The van der Waals surface area contributed by atoms with Crippen LogP contribution in [0, 0.1) is 0 Å². The highest BCUT2D eigenvalue weighted by Gasteiger charge is 2.29. The van der Waals surface area contributed by atoms with E-state index in [0.717, 1.165) is 34.6 Å². The first-order valence-corrected chi connectivity index (χ1v) is 11.9. The first-order chi connectivity index (χ1) is 16.7. The molecule has 178 valence electrons. The van der Waals surface area contributed by atoms with Crippen LogP contribution < -0.4 is 15.4 Å². The van der Waals surface area contributed by atoms with Crippen molar-refractivity contribution in [3.05, 3.63) is 58.5 Å². The molecular weight excluding hydrogens is 456 g/mol. The molecule has 8 nitrogen and oxygen atoms in total. The number of halogens is 1. The molecule has 3 N–H and O–H groups in total. The SMILES string of the molecule is CCc1c(Cl)cccc1Nc1c(-c2ccncc2OCC2COCCO2)[nH]c2c1C(=O)NCC2. The van der Waals surface area contributed by atoms with Crippen molar-refractivity contribution in [2.24, 2.45) is 0 Å². The third-order valence-corrected chi connectivity index (χ3v) is 6.42. The lowest BCUT2D eigenvalue weighted by molar-refractivity contribution is -0.101. The fraction of sp³-hybridized carbons (Fsp3) is 0.360. The van der Waals surface area contributed by atoms with E-state index in [1.165, 1.54) is 0 Å². The van der Waals surface area contributed by atoms with E-state index in [1.54, 1.807) is 12.4 Å². The molecule has 3 aromatic rings. The highest BCUT2D eigenvalue weighted by atomic mass is 35.5. The number of rotatable bonds is 7. The maximum Gasteiger partial charge on any atom is 0.255 e. The van der Waals surface area contributed by atoms with E-state index < -0.39 is 0 Å². The predicted octanol–water partition coefficient (Wildman–Crippen LogP) is 4.12. The van der Waals surface area contributed by atoms with Crippen LogP contribution in [-0.2, 0) is 22.3 Å². The average molecular weight is 483 g/mol. The Hall–Kier alpha value is -3.07. The number of nitrogens with zero attached hydrogens (tertiary/aromatic N) is 1. The topological polar surface area (TPSA) is 97.5 Å². The summed E-state index contributed by atoms with van der Waals surface area (Å²) in [4.78, 5) is 20.6. The third kappa shape index (κ3) is 4.49. The highest BCUT2D eigenvalue weighted by molar-refractivity contribution is 6.31. The summed E-state index contributed by atoms with van der Waals surface area (Å²) >= 11 is 6.46. The molecule has 0 saturated carbocycles. The molecule has 4 heterocycles. The molecule has 0 spiro atoms. The van der Waals surface area contributed by atoms with Gasteiger partial charge in [-0.2, -0.15) is 0 Å². The number of fused-ring (bicyclic) bond motifs is 1. The van der Waals surface area contributed by atoms with Crippen molar-refractivity contribution in [3.63, 3.8) is 0 Å². The van der Waals surface area contributed by atoms with E-state index in [4.69, 9.17) is 25.8 Å². The summed E-state index contributed by atoms with van der Waals surface area (Å²) in [5.41, 5.74) is 5.60. The van der Waals surface area contributed by atoms with Gasteiger partial charge >= 0.3 is 0 Å². The number of aromatic amines is 1. The summed E-state index contributed by atoms with van der Waals surface area (Å²) in [6.07, 6.45) is 4.72. The van der Waals surface area contributed by atoms with E-state index >= 15 is 0 Å². The van der Waals surface area contributed by atoms with Gasteiger partial charge in [-0.3, -0.25) is 9.78 Å². The first-order valence-electron chi connectivity index (χ1n) is 11.5. The van der Waals surface area contributed by atoms with Crippen LogP contribution in [-0.4, -0.2) is 55.0 Å². The Labute approximate surface area is 203 Å². The van der Waals surface area contributed by atoms with Crippen LogP contribution in [0.4, 0.5) is 11.4 Å². The Kier molecular flexibility index (Phi) is 6.71. The Morgan fingerprint density at radius 2 is 2.21 bits per heavy atom. The van der Waals surface area contributed by atoms with Gasteiger partial charge < -0.3 is 29.8 Å². The van der Waals surface area contributed by atoms with Gasteiger partial charge in [0.2, 0.25) is 0 Å². The number of carbonyl (C=O) groups is 1. The number of ether oxygens (including phenoxy) is 3. The number of hydrogen-bond donors (Lipinski definition) is 3. The van der Waals surface area contributed by atoms with Crippen molar-refractivity contribution in [2.45, 2.75) is 25.9 Å². The molecule has 1 amide bonds. The van der Waals surface area contributed by atoms with Crippen LogP contribution in [0.25, 0.3) is 11.3 Å². The average Bonchev–Trinajstić information content (AvgIpc) is 3.23. The van der Waals surface area contributed by atoms with Crippen molar-refractivity contribution in [1.29, 1.82) is 0 Å². The van der Waals surface area contributed by atoms with Crippen molar-refractivity contribution >= 4 is 28.9 Å². The monoisotopic (exact) mass is 482 g/mol. The minimum atomic E-state index is -0.138. The Bertz CT molecular complexity index is 1190. The van der Waals surface area contributed by atoms with Crippen LogP contribution in [0.5, 0.6) is 5.75 Å². The van der Waals surface area contributed by atoms with Gasteiger partial charge in [-0.25, -0.2) is 0 Å². The molecule has 0 radical (unpaired) electrons. The molecule has 5 rings (SSSR count). The van der Waals surface area contributed by atoms with Crippen molar-refractivity contribution < 1.29 is 19.0 Å². The molecule has 1 unspecified atom stereocenters. The number of pyridine rings is 1. The number of carbonyl (C=O) groups excluding carboxylic acids is 1. The summed E-state index contributed by atoms with van der Waals surface area (Å²) < 4.78 is 17.3. The number of amides is 1. The largest absolute Gasteiger partial charge is 0.488 e. The number of H-pyrrole nitrogens is 1. The molecule has 0 bridgehead atoms. The molecule has 9 heteroatoms. The standard InChI is InChI=1S/C25H27ClN4O4/c1-2-16-18(26)4-3-5-19(16)29-24-22-20(7-9-28-25(22)31)30-23(24)17-6-8-27-12-21(17)34-14-15-13-32-10-11-33-15/h3-6,8,12,15,29-30H,2,7,9-11,13-14H2,1H3,(H,28,31). The fourth-order valence-corrected chi connectivity index (χ4v) is 4.70. The molecule has 34 heavy (non-hydrogen) atoms. The minimum absolute atomic E-state index is 0.115.